The minimum absolute atomic E-state index is 0.103. The van der Waals surface area contributed by atoms with Crippen molar-refractivity contribution < 1.29 is 9.84 Å². The Morgan fingerprint density at radius 1 is 1.32 bits per heavy atom. The molecular weight excluding hydrogens is 336 g/mol. The lowest BCUT2D eigenvalue weighted by molar-refractivity contribution is -0.128. The summed E-state index contributed by atoms with van der Waals surface area (Å²) in [7, 11) is 0. The molecule has 6 nitrogen and oxygen atoms in total. The first-order valence-electron chi connectivity index (χ1n) is 8.22. The maximum absolute atomic E-state index is 9.66. The van der Waals surface area contributed by atoms with E-state index in [4.69, 9.17) is 14.7 Å². The van der Waals surface area contributed by atoms with Crippen molar-refractivity contribution in [2.45, 2.75) is 13.8 Å². The molecule has 1 fully saturated rings. The highest BCUT2D eigenvalue weighted by Crippen LogP contribution is 2.36. The lowest BCUT2D eigenvalue weighted by Gasteiger charge is -2.40. The Hall–Kier alpha value is -2.09. The Balaban J connectivity index is 1.77. The molecule has 130 valence electrons. The minimum atomic E-state index is -0.218. The Bertz CT molecular complexity index is 901. The molecule has 0 aliphatic carbocycles. The van der Waals surface area contributed by atoms with Crippen LogP contribution in [0.3, 0.4) is 0 Å². The van der Waals surface area contributed by atoms with E-state index in [1.165, 1.54) is 10.4 Å². The Morgan fingerprint density at radius 2 is 2.16 bits per heavy atom. The van der Waals surface area contributed by atoms with E-state index in [1.807, 2.05) is 12.1 Å². The standard InChI is InChI=1S/C18H20N4O2S/c1-11-12(2)25-17-14(11)16(20-7-18(8-23)9-24-10-18)21-15(22-17)13-4-3-5-19-6-13/h3-6,23H,7-10H2,1-2H3,(H,20,21,22). The topological polar surface area (TPSA) is 80.2 Å². The van der Waals surface area contributed by atoms with E-state index < -0.39 is 0 Å². The van der Waals surface area contributed by atoms with Crippen molar-refractivity contribution in [2.24, 2.45) is 5.41 Å². The van der Waals surface area contributed by atoms with Crippen LogP contribution in [0.4, 0.5) is 5.82 Å². The van der Waals surface area contributed by atoms with E-state index in [9.17, 15) is 5.11 Å². The third-order valence-electron chi connectivity index (χ3n) is 4.73. The number of thiophene rings is 1. The van der Waals surface area contributed by atoms with Gasteiger partial charge in [-0.3, -0.25) is 4.98 Å². The van der Waals surface area contributed by atoms with Crippen molar-refractivity contribution in [3.05, 3.63) is 35.0 Å². The second kappa shape index (κ2) is 6.33. The first-order chi connectivity index (χ1) is 12.1. The molecule has 0 aromatic carbocycles. The molecule has 4 heterocycles. The van der Waals surface area contributed by atoms with E-state index in [0.717, 1.165) is 21.6 Å². The van der Waals surface area contributed by atoms with Gasteiger partial charge in [0.25, 0.3) is 0 Å². The SMILES string of the molecule is Cc1sc2nc(-c3cccnc3)nc(NCC3(CO)COC3)c2c1C. The number of hydrogen-bond donors (Lipinski definition) is 2. The van der Waals surface area contributed by atoms with E-state index in [1.54, 1.807) is 23.7 Å². The van der Waals surface area contributed by atoms with E-state index >= 15 is 0 Å². The number of nitrogens with zero attached hydrogens (tertiary/aromatic N) is 3. The van der Waals surface area contributed by atoms with Gasteiger partial charge in [0.2, 0.25) is 0 Å². The lowest BCUT2D eigenvalue weighted by Crippen LogP contribution is -2.50. The number of rotatable bonds is 5. The van der Waals surface area contributed by atoms with Gasteiger partial charge >= 0.3 is 0 Å². The Labute approximate surface area is 149 Å². The quantitative estimate of drug-likeness (QED) is 0.732. The van der Waals surface area contributed by atoms with Crippen LogP contribution >= 0.6 is 11.3 Å². The fourth-order valence-electron chi connectivity index (χ4n) is 2.91. The molecule has 25 heavy (non-hydrogen) atoms. The zero-order valence-corrected chi connectivity index (χ0v) is 15.1. The predicted octanol–water partition coefficient (Wildman–Crippen LogP) is 2.79. The summed E-state index contributed by atoms with van der Waals surface area (Å²) in [6.45, 7) is 6.07. The summed E-state index contributed by atoms with van der Waals surface area (Å²) in [5.41, 5.74) is 1.87. The van der Waals surface area contributed by atoms with Gasteiger partial charge in [0.15, 0.2) is 5.82 Å². The molecule has 4 rings (SSSR count). The molecule has 0 saturated carbocycles. The molecule has 1 aliphatic rings. The number of aryl methyl sites for hydroxylation is 2. The van der Waals surface area contributed by atoms with Gasteiger partial charge in [0.05, 0.1) is 30.6 Å². The first kappa shape index (κ1) is 16.4. The molecule has 0 radical (unpaired) electrons. The average molecular weight is 356 g/mol. The zero-order valence-electron chi connectivity index (χ0n) is 14.2. The minimum Gasteiger partial charge on any atom is -0.396 e. The summed E-state index contributed by atoms with van der Waals surface area (Å²) in [6.07, 6.45) is 3.51. The van der Waals surface area contributed by atoms with Crippen molar-refractivity contribution in [3.63, 3.8) is 0 Å². The fourth-order valence-corrected chi connectivity index (χ4v) is 3.94. The third kappa shape index (κ3) is 2.88. The van der Waals surface area contributed by atoms with Crippen molar-refractivity contribution in [1.29, 1.82) is 0 Å². The van der Waals surface area contributed by atoms with Crippen LogP contribution < -0.4 is 5.32 Å². The van der Waals surface area contributed by atoms with Crippen LogP contribution in [0.15, 0.2) is 24.5 Å². The van der Waals surface area contributed by atoms with Gasteiger partial charge in [-0.05, 0) is 31.5 Å². The van der Waals surface area contributed by atoms with Gasteiger partial charge in [0, 0.05) is 29.4 Å². The van der Waals surface area contributed by atoms with Gasteiger partial charge in [-0.25, -0.2) is 9.97 Å². The van der Waals surface area contributed by atoms with Gasteiger partial charge in [-0.2, -0.15) is 0 Å². The maximum Gasteiger partial charge on any atom is 0.164 e. The molecule has 1 aliphatic heterocycles. The van der Waals surface area contributed by atoms with Gasteiger partial charge in [0.1, 0.15) is 10.6 Å². The van der Waals surface area contributed by atoms with Crippen LogP contribution in [0.2, 0.25) is 0 Å². The number of aliphatic hydroxyl groups excluding tert-OH is 1. The monoisotopic (exact) mass is 356 g/mol. The molecule has 3 aromatic rings. The summed E-state index contributed by atoms with van der Waals surface area (Å²) in [4.78, 5) is 15.9. The molecule has 0 amide bonds. The molecule has 7 heteroatoms. The summed E-state index contributed by atoms with van der Waals surface area (Å²) in [5, 5.41) is 14.2. The number of pyridine rings is 1. The van der Waals surface area contributed by atoms with E-state index in [-0.39, 0.29) is 12.0 Å². The summed E-state index contributed by atoms with van der Waals surface area (Å²) >= 11 is 1.68. The van der Waals surface area contributed by atoms with Crippen LogP contribution in [0, 0.1) is 19.3 Å². The Kier molecular flexibility index (Phi) is 4.15. The molecule has 0 bridgehead atoms. The van der Waals surface area contributed by atoms with Crippen molar-refractivity contribution in [1.82, 2.24) is 15.0 Å². The molecular formula is C18H20N4O2S. The van der Waals surface area contributed by atoms with Crippen LogP contribution in [-0.4, -0.2) is 46.4 Å². The maximum atomic E-state index is 9.66. The van der Waals surface area contributed by atoms with Crippen molar-refractivity contribution >= 4 is 27.4 Å². The number of fused-ring (bicyclic) bond motifs is 1. The molecule has 0 atom stereocenters. The fraction of sp³-hybridized carbons (Fsp3) is 0.389. The highest BCUT2D eigenvalue weighted by molar-refractivity contribution is 7.18. The molecule has 0 spiro atoms. The second-order valence-corrected chi connectivity index (χ2v) is 7.81. The van der Waals surface area contributed by atoms with Crippen LogP contribution in [0.1, 0.15) is 10.4 Å². The van der Waals surface area contributed by atoms with Gasteiger partial charge < -0.3 is 15.2 Å². The normalized spacial score (nSPS) is 16.0. The number of ether oxygens (including phenoxy) is 1. The predicted molar refractivity (Wildman–Crippen MR) is 98.9 cm³/mol. The Morgan fingerprint density at radius 3 is 2.80 bits per heavy atom. The molecule has 0 unspecified atom stereocenters. The van der Waals surface area contributed by atoms with Crippen LogP contribution in [0.5, 0.6) is 0 Å². The van der Waals surface area contributed by atoms with Crippen LogP contribution in [-0.2, 0) is 4.74 Å². The zero-order chi connectivity index (χ0) is 17.4. The number of nitrogens with one attached hydrogen (secondary N) is 1. The lowest BCUT2D eigenvalue weighted by atomic mass is 9.87. The number of aliphatic hydroxyl groups is 1. The smallest absolute Gasteiger partial charge is 0.164 e. The average Bonchev–Trinajstić information content (AvgIpc) is 2.89. The summed E-state index contributed by atoms with van der Waals surface area (Å²) < 4.78 is 5.29. The summed E-state index contributed by atoms with van der Waals surface area (Å²) in [5.74, 6) is 1.47. The van der Waals surface area contributed by atoms with E-state index in [0.29, 0.717) is 25.6 Å². The molecule has 3 aromatic heterocycles. The molecule has 2 N–H and O–H groups in total. The number of hydrogen-bond acceptors (Lipinski definition) is 7. The highest BCUT2D eigenvalue weighted by atomic mass is 32.1. The summed E-state index contributed by atoms with van der Waals surface area (Å²) in [6, 6.07) is 3.84. The largest absolute Gasteiger partial charge is 0.396 e. The number of anilines is 1. The van der Waals surface area contributed by atoms with Gasteiger partial charge in [-0.15, -0.1) is 11.3 Å². The van der Waals surface area contributed by atoms with E-state index in [2.05, 4.69) is 24.1 Å². The first-order valence-corrected chi connectivity index (χ1v) is 9.04. The number of aromatic nitrogens is 3. The second-order valence-electron chi connectivity index (χ2n) is 6.61. The van der Waals surface area contributed by atoms with Gasteiger partial charge in [-0.1, -0.05) is 0 Å². The van der Waals surface area contributed by atoms with Crippen LogP contribution in [0.25, 0.3) is 21.6 Å². The third-order valence-corrected chi connectivity index (χ3v) is 5.83. The molecule has 1 saturated heterocycles. The van der Waals surface area contributed by atoms with Crippen molar-refractivity contribution in [2.75, 3.05) is 31.7 Å². The van der Waals surface area contributed by atoms with Crippen molar-refractivity contribution in [3.8, 4) is 11.4 Å². The highest BCUT2D eigenvalue weighted by Gasteiger charge is 2.38.